The molecular weight excluding hydrogens is 293 g/mol. The molecule has 1 aliphatic heterocycles. The Morgan fingerprint density at radius 2 is 2.14 bits per heavy atom. The van der Waals surface area contributed by atoms with Crippen LogP contribution in [0.1, 0.15) is 22.3 Å². The first-order chi connectivity index (χ1) is 10.1. The maximum absolute atomic E-state index is 13.5. The molecule has 0 radical (unpaired) electrons. The second kappa shape index (κ2) is 7.73. The Kier molecular flexibility index (Phi) is 5.96. The zero-order valence-electron chi connectivity index (χ0n) is 12.2. The van der Waals surface area contributed by atoms with Crippen LogP contribution in [-0.4, -0.2) is 50.1 Å². The molecule has 0 aliphatic carbocycles. The maximum Gasteiger partial charge on any atom is 0.252 e. The highest BCUT2D eigenvalue weighted by Crippen LogP contribution is 2.20. The lowest BCUT2D eigenvalue weighted by molar-refractivity contribution is 0.0951. The number of carbonyl (C=O) groups is 1. The first-order valence-electron chi connectivity index (χ1n) is 7.25. The van der Waals surface area contributed by atoms with Crippen LogP contribution < -0.4 is 10.6 Å². The minimum Gasteiger partial charge on any atom is -0.352 e. The molecule has 116 valence electrons. The van der Waals surface area contributed by atoms with Gasteiger partial charge in [0.15, 0.2) is 0 Å². The van der Waals surface area contributed by atoms with Gasteiger partial charge in [-0.05, 0) is 37.6 Å². The highest BCUT2D eigenvalue weighted by Gasteiger charge is 2.13. The van der Waals surface area contributed by atoms with Crippen molar-refractivity contribution in [2.24, 2.45) is 0 Å². The molecule has 0 saturated carbocycles. The van der Waals surface area contributed by atoms with Crippen molar-refractivity contribution >= 4 is 17.5 Å². The van der Waals surface area contributed by atoms with E-state index in [4.69, 9.17) is 11.6 Å². The van der Waals surface area contributed by atoms with Gasteiger partial charge in [-0.25, -0.2) is 4.39 Å². The van der Waals surface area contributed by atoms with Gasteiger partial charge in [-0.2, -0.15) is 0 Å². The molecule has 2 rings (SSSR count). The Balaban J connectivity index is 1.78. The number of benzene rings is 1. The fourth-order valence-electron chi connectivity index (χ4n) is 2.35. The van der Waals surface area contributed by atoms with Crippen LogP contribution >= 0.6 is 11.6 Å². The molecule has 21 heavy (non-hydrogen) atoms. The van der Waals surface area contributed by atoms with E-state index in [0.717, 1.165) is 39.1 Å². The van der Waals surface area contributed by atoms with E-state index in [9.17, 15) is 9.18 Å². The molecule has 0 unspecified atom stereocenters. The van der Waals surface area contributed by atoms with E-state index in [-0.39, 0.29) is 16.5 Å². The first kappa shape index (κ1) is 16.2. The number of carbonyl (C=O) groups excluding carboxylic acids is 1. The summed E-state index contributed by atoms with van der Waals surface area (Å²) in [6.07, 6.45) is 0.873. The van der Waals surface area contributed by atoms with E-state index in [2.05, 4.69) is 15.5 Å². The van der Waals surface area contributed by atoms with Gasteiger partial charge in [0.1, 0.15) is 5.82 Å². The van der Waals surface area contributed by atoms with Crippen molar-refractivity contribution in [3.8, 4) is 0 Å². The average molecular weight is 314 g/mol. The van der Waals surface area contributed by atoms with Gasteiger partial charge in [0.25, 0.3) is 5.91 Å². The van der Waals surface area contributed by atoms with E-state index in [1.54, 1.807) is 6.92 Å². The number of amides is 1. The standard InChI is InChI=1S/C15H21ClFN3O/c1-11-9-13(16)12(10-14(11)17)15(21)19-3-2-6-20-7-4-18-5-8-20/h9-10,18H,2-8H2,1H3,(H,19,21). The summed E-state index contributed by atoms with van der Waals surface area (Å²) in [6.45, 7) is 7.27. The monoisotopic (exact) mass is 313 g/mol. The van der Waals surface area contributed by atoms with Gasteiger partial charge in [-0.1, -0.05) is 11.6 Å². The van der Waals surface area contributed by atoms with Crippen molar-refractivity contribution in [3.05, 3.63) is 34.1 Å². The third-order valence-electron chi connectivity index (χ3n) is 3.64. The summed E-state index contributed by atoms with van der Waals surface area (Å²) in [4.78, 5) is 14.4. The molecule has 1 heterocycles. The Labute approximate surface area is 129 Å². The van der Waals surface area contributed by atoms with Crippen molar-refractivity contribution in [1.82, 2.24) is 15.5 Å². The molecule has 1 aromatic rings. The second-order valence-electron chi connectivity index (χ2n) is 5.28. The topological polar surface area (TPSA) is 44.4 Å². The quantitative estimate of drug-likeness (QED) is 0.815. The lowest BCUT2D eigenvalue weighted by atomic mass is 10.1. The van der Waals surface area contributed by atoms with Crippen LogP contribution in [-0.2, 0) is 0 Å². The van der Waals surface area contributed by atoms with Gasteiger partial charge >= 0.3 is 0 Å². The van der Waals surface area contributed by atoms with E-state index in [1.165, 1.54) is 12.1 Å². The predicted octanol–water partition coefficient (Wildman–Crippen LogP) is 1.81. The molecule has 1 aliphatic rings. The minimum absolute atomic E-state index is 0.196. The Bertz CT molecular complexity index is 504. The van der Waals surface area contributed by atoms with Gasteiger partial charge < -0.3 is 15.5 Å². The number of piperazine rings is 1. The summed E-state index contributed by atoms with van der Waals surface area (Å²) in [6, 6.07) is 2.68. The summed E-state index contributed by atoms with van der Waals surface area (Å²) < 4.78 is 13.5. The van der Waals surface area contributed by atoms with Crippen molar-refractivity contribution in [2.75, 3.05) is 39.3 Å². The molecule has 2 N–H and O–H groups in total. The summed E-state index contributed by atoms with van der Waals surface area (Å²) in [5.74, 6) is -0.732. The van der Waals surface area contributed by atoms with Crippen molar-refractivity contribution < 1.29 is 9.18 Å². The van der Waals surface area contributed by atoms with Crippen molar-refractivity contribution in [1.29, 1.82) is 0 Å². The van der Waals surface area contributed by atoms with Gasteiger partial charge in [0.2, 0.25) is 0 Å². The van der Waals surface area contributed by atoms with E-state index < -0.39 is 5.82 Å². The normalized spacial score (nSPS) is 16.0. The average Bonchev–Trinajstić information content (AvgIpc) is 2.48. The van der Waals surface area contributed by atoms with Gasteiger partial charge in [0, 0.05) is 32.7 Å². The lowest BCUT2D eigenvalue weighted by Gasteiger charge is -2.27. The van der Waals surface area contributed by atoms with Gasteiger partial charge in [0.05, 0.1) is 10.6 Å². The summed E-state index contributed by atoms with van der Waals surface area (Å²) in [7, 11) is 0. The van der Waals surface area contributed by atoms with E-state index in [1.807, 2.05) is 0 Å². The van der Waals surface area contributed by atoms with Crippen molar-refractivity contribution in [3.63, 3.8) is 0 Å². The summed E-state index contributed by atoms with van der Waals surface area (Å²) in [5.41, 5.74) is 0.636. The highest BCUT2D eigenvalue weighted by atomic mass is 35.5. The fraction of sp³-hybridized carbons (Fsp3) is 0.533. The lowest BCUT2D eigenvalue weighted by Crippen LogP contribution is -2.44. The van der Waals surface area contributed by atoms with Crippen LogP contribution in [0, 0.1) is 12.7 Å². The minimum atomic E-state index is -0.412. The fourth-order valence-corrected chi connectivity index (χ4v) is 2.66. The summed E-state index contributed by atoms with van der Waals surface area (Å²) >= 11 is 5.99. The van der Waals surface area contributed by atoms with Crippen LogP contribution in [0.15, 0.2) is 12.1 Å². The Morgan fingerprint density at radius 3 is 2.86 bits per heavy atom. The molecule has 0 bridgehead atoms. The predicted molar refractivity (Wildman–Crippen MR) is 82.4 cm³/mol. The summed E-state index contributed by atoms with van der Waals surface area (Å²) in [5, 5.41) is 6.38. The zero-order chi connectivity index (χ0) is 15.2. The number of rotatable bonds is 5. The van der Waals surface area contributed by atoms with E-state index >= 15 is 0 Å². The van der Waals surface area contributed by atoms with E-state index in [0.29, 0.717) is 12.1 Å². The van der Waals surface area contributed by atoms with Crippen molar-refractivity contribution in [2.45, 2.75) is 13.3 Å². The highest BCUT2D eigenvalue weighted by molar-refractivity contribution is 6.33. The molecule has 1 saturated heterocycles. The SMILES string of the molecule is Cc1cc(Cl)c(C(=O)NCCCN2CCNCC2)cc1F. The van der Waals surface area contributed by atoms with Crippen LogP contribution in [0.25, 0.3) is 0 Å². The molecule has 1 fully saturated rings. The third kappa shape index (κ3) is 4.66. The molecule has 0 aromatic heterocycles. The maximum atomic E-state index is 13.5. The Hall–Kier alpha value is -1.17. The van der Waals surface area contributed by atoms with Crippen LogP contribution in [0.2, 0.25) is 5.02 Å². The molecule has 6 heteroatoms. The van der Waals surface area contributed by atoms with Crippen LogP contribution in [0.4, 0.5) is 4.39 Å². The number of halogens is 2. The molecule has 0 spiro atoms. The molecule has 0 atom stereocenters. The number of hydrogen-bond donors (Lipinski definition) is 2. The largest absolute Gasteiger partial charge is 0.352 e. The smallest absolute Gasteiger partial charge is 0.252 e. The molecular formula is C15H21ClFN3O. The molecule has 4 nitrogen and oxygen atoms in total. The number of aryl methyl sites for hydroxylation is 1. The number of hydrogen-bond acceptors (Lipinski definition) is 3. The van der Waals surface area contributed by atoms with Crippen LogP contribution in [0.3, 0.4) is 0 Å². The molecule has 1 amide bonds. The van der Waals surface area contributed by atoms with Gasteiger partial charge in [-0.3, -0.25) is 4.79 Å². The number of nitrogens with zero attached hydrogens (tertiary/aromatic N) is 1. The van der Waals surface area contributed by atoms with Crippen LogP contribution in [0.5, 0.6) is 0 Å². The second-order valence-corrected chi connectivity index (χ2v) is 5.69. The first-order valence-corrected chi connectivity index (χ1v) is 7.62. The zero-order valence-corrected chi connectivity index (χ0v) is 13.0. The third-order valence-corrected chi connectivity index (χ3v) is 3.95. The molecule has 1 aromatic carbocycles. The number of nitrogens with one attached hydrogen (secondary N) is 2. The van der Waals surface area contributed by atoms with Gasteiger partial charge in [-0.15, -0.1) is 0 Å². The Morgan fingerprint density at radius 1 is 1.43 bits per heavy atom.